The second-order valence-electron chi connectivity index (χ2n) is 10.6. The molecule has 3 heterocycles. The first-order chi connectivity index (χ1) is 20.2. The summed E-state index contributed by atoms with van der Waals surface area (Å²) in [5.41, 5.74) is 7.19. The quantitative estimate of drug-likeness (QED) is 0.135. The molecule has 5 aromatic rings. The Labute approximate surface area is 243 Å². The number of unbranched alkanes of at least 4 members (excludes halogenated alkanes) is 3. The summed E-state index contributed by atoms with van der Waals surface area (Å²) < 4.78 is 6.46. The number of hydrogen-bond acceptors (Lipinski definition) is 2. The van der Waals surface area contributed by atoms with E-state index in [1.54, 1.807) is 0 Å². The Bertz CT molecular complexity index is 1510. The summed E-state index contributed by atoms with van der Waals surface area (Å²) in [6.07, 6.45) is 21.6. The SMILES string of the molecule is CCCCCCn1c2ccc(/C=C/c3cc[n+](CCO)cc3)cc2c2cc(/C=C/c3cc[n+](CCO)cc3)ccc21. The van der Waals surface area contributed by atoms with Gasteiger partial charge in [-0.3, -0.25) is 0 Å². The Balaban J connectivity index is 1.47. The zero-order chi connectivity index (χ0) is 28.4. The van der Waals surface area contributed by atoms with Crippen molar-refractivity contribution in [3.05, 3.63) is 108 Å². The van der Waals surface area contributed by atoms with Crippen LogP contribution in [0.4, 0.5) is 0 Å². The van der Waals surface area contributed by atoms with Gasteiger partial charge in [0, 0.05) is 52.6 Å². The lowest BCUT2D eigenvalue weighted by Crippen LogP contribution is -2.34. The van der Waals surface area contributed by atoms with E-state index in [1.165, 1.54) is 58.6 Å². The molecule has 3 aromatic heterocycles. The number of aryl methyl sites for hydroxylation is 1. The largest absolute Gasteiger partial charge is 0.390 e. The molecule has 0 aliphatic heterocycles. The number of nitrogens with zero attached hydrogens (tertiary/aromatic N) is 3. The number of rotatable bonds is 13. The van der Waals surface area contributed by atoms with Crippen LogP contribution in [0.1, 0.15) is 54.9 Å². The second-order valence-corrected chi connectivity index (χ2v) is 10.6. The van der Waals surface area contributed by atoms with Crippen molar-refractivity contribution in [2.75, 3.05) is 13.2 Å². The molecule has 41 heavy (non-hydrogen) atoms. The summed E-state index contributed by atoms with van der Waals surface area (Å²) in [7, 11) is 0. The number of aliphatic hydroxyl groups excluding tert-OH is 2. The topological polar surface area (TPSA) is 53.2 Å². The van der Waals surface area contributed by atoms with Crippen LogP contribution < -0.4 is 9.13 Å². The Morgan fingerprint density at radius 3 is 1.49 bits per heavy atom. The molecule has 0 fully saturated rings. The molecule has 0 bridgehead atoms. The van der Waals surface area contributed by atoms with Crippen LogP contribution in [0.15, 0.2) is 85.5 Å². The number of fused-ring (bicyclic) bond motifs is 3. The highest BCUT2D eigenvalue weighted by Crippen LogP contribution is 2.32. The van der Waals surface area contributed by atoms with Gasteiger partial charge in [0.25, 0.3) is 0 Å². The molecule has 0 saturated carbocycles. The van der Waals surface area contributed by atoms with Crippen LogP contribution in [-0.4, -0.2) is 28.0 Å². The standard InChI is InChI=1S/C36H41N3O2/c1-2-3-4-5-18-39-35-12-10-31(8-6-29-14-19-37(20-15-29)23-25-40)27-33(35)34-28-32(11-13-36(34)39)9-7-30-16-21-38(22-17-30)24-26-41/h6-17,19-22,27-28,40-41H,2-5,18,23-26H2,1H3/q+2. The molecule has 0 unspecified atom stereocenters. The van der Waals surface area contributed by atoms with Gasteiger partial charge >= 0.3 is 0 Å². The van der Waals surface area contributed by atoms with E-state index in [0.29, 0.717) is 13.1 Å². The molecule has 5 rings (SSSR count). The van der Waals surface area contributed by atoms with Crippen molar-refractivity contribution >= 4 is 46.1 Å². The number of hydrogen-bond donors (Lipinski definition) is 2. The summed E-state index contributed by atoms with van der Waals surface area (Å²) in [5.74, 6) is 0. The fourth-order valence-corrected chi connectivity index (χ4v) is 5.36. The molecule has 0 atom stereocenters. The van der Waals surface area contributed by atoms with Crippen molar-refractivity contribution in [2.24, 2.45) is 0 Å². The third-order valence-corrected chi connectivity index (χ3v) is 7.63. The van der Waals surface area contributed by atoms with Crippen molar-refractivity contribution in [1.29, 1.82) is 0 Å². The number of pyridine rings is 2. The summed E-state index contributed by atoms with van der Waals surface area (Å²) in [4.78, 5) is 0. The van der Waals surface area contributed by atoms with E-state index in [1.807, 2.05) is 33.9 Å². The zero-order valence-electron chi connectivity index (χ0n) is 24.0. The van der Waals surface area contributed by atoms with E-state index < -0.39 is 0 Å². The Hall–Kier alpha value is -4.06. The molecule has 0 spiro atoms. The maximum Gasteiger partial charge on any atom is 0.171 e. The molecule has 0 amide bonds. The van der Waals surface area contributed by atoms with E-state index in [9.17, 15) is 0 Å². The van der Waals surface area contributed by atoms with Gasteiger partial charge in [0.2, 0.25) is 0 Å². The summed E-state index contributed by atoms with van der Waals surface area (Å²) >= 11 is 0. The van der Waals surface area contributed by atoms with Crippen molar-refractivity contribution in [3.63, 3.8) is 0 Å². The highest BCUT2D eigenvalue weighted by atomic mass is 16.3. The minimum atomic E-state index is 0.140. The minimum absolute atomic E-state index is 0.140. The first-order valence-electron chi connectivity index (χ1n) is 14.8. The van der Waals surface area contributed by atoms with E-state index in [0.717, 1.165) is 17.7 Å². The fraction of sp³-hybridized carbons (Fsp3) is 0.278. The lowest BCUT2D eigenvalue weighted by atomic mass is 10.1. The van der Waals surface area contributed by atoms with Crippen LogP contribution in [0.3, 0.4) is 0 Å². The monoisotopic (exact) mass is 547 g/mol. The van der Waals surface area contributed by atoms with E-state index in [-0.39, 0.29) is 13.2 Å². The van der Waals surface area contributed by atoms with E-state index >= 15 is 0 Å². The Kier molecular flexibility index (Phi) is 9.74. The maximum atomic E-state index is 9.15. The molecule has 0 aliphatic carbocycles. The van der Waals surface area contributed by atoms with Crippen LogP contribution in [0.5, 0.6) is 0 Å². The molecular weight excluding hydrogens is 506 g/mol. The van der Waals surface area contributed by atoms with Gasteiger partial charge in [0.15, 0.2) is 37.9 Å². The maximum absolute atomic E-state index is 9.15. The molecule has 0 aliphatic rings. The number of aliphatic hydroxyl groups is 2. The van der Waals surface area contributed by atoms with Gasteiger partial charge < -0.3 is 14.8 Å². The lowest BCUT2D eigenvalue weighted by molar-refractivity contribution is -0.698. The third kappa shape index (κ3) is 7.18. The first-order valence-corrected chi connectivity index (χ1v) is 14.8. The third-order valence-electron chi connectivity index (χ3n) is 7.63. The first kappa shape index (κ1) is 28.5. The Morgan fingerprint density at radius 1 is 0.585 bits per heavy atom. The average molecular weight is 548 g/mol. The van der Waals surface area contributed by atoms with Crippen molar-refractivity contribution < 1.29 is 19.3 Å². The van der Waals surface area contributed by atoms with Crippen molar-refractivity contribution in [2.45, 2.75) is 52.2 Å². The molecule has 2 N–H and O–H groups in total. The van der Waals surface area contributed by atoms with Crippen LogP contribution in [0.25, 0.3) is 46.1 Å². The van der Waals surface area contributed by atoms with Crippen LogP contribution in [0, 0.1) is 0 Å². The van der Waals surface area contributed by atoms with Gasteiger partial charge in [-0.05, 0) is 52.9 Å². The molecular formula is C36H41N3O2+2. The molecule has 0 radical (unpaired) electrons. The molecule has 5 heteroatoms. The van der Waals surface area contributed by atoms with Gasteiger partial charge in [-0.15, -0.1) is 0 Å². The van der Waals surface area contributed by atoms with Crippen molar-refractivity contribution in [1.82, 2.24) is 4.57 Å². The van der Waals surface area contributed by atoms with Gasteiger partial charge in [-0.2, -0.15) is 0 Å². The summed E-state index contributed by atoms with van der Waals surface area (Å²) in [6.45, 7) is 4.78. The lowest BCUT2D eigenvalue weighted by Gasteiger charge is -2.07. The smallest absolute Gasteiger partial charge is 0.171 e. The summed E-state index contributed by atoms with van der Waals surface area (Å²) in [5, 5.41) is 20.9. The highest BCUT2D eigenvalue weighted by molar-refractivity contribution is 6.09. The summed E-state index contributed by atoms with van der Waals surface area (Å²) in [6, 6.07) is 21.9. The molecule has 2 aromatic carbocycles. The fourth-order valence-electron chi connectivity index (χ4n) is 5.36. The zero-order valence-corrected chi connectivity index (χ0v) is 24.0. The normalized spacial score (nSPS) is 12.0. The Morgan fingerprint density at radius 2 is 1.05 bits per heavy atom. The second kappa shape index (κ2) is 14.0. The molecule has 0 saturated heterocycles. The van der Waals surface area contributed by atoms with E-state index in [4.69, 9.17) is 10.2 Å². The van der Waals surface area contributed by atoms with E-state index in [2.05, 4.69) is 96.5 Å². The predicted molar refractivity (Wildman–Crippen MR) is 169 cm³/mol. The van der Waals surface area contributed by atoms with Crippen LogP contribution >= 0.6 is 0 Å². The van der Waals surface area contributed by atoms with Gasteiger partial charge in [-0.25, -0.2) is 9.13 Å². The van der Waals surface area contributed by atoms with Gasteiger partial charge in [0.1, 0.15) is 13.2 Å². The van der Waals surface area contributed by atoms with Crippen molar-refractivity contribution in [3.8, 4) is 0 Å². The van der Waals surface area contributed by atoms with Crippen LogP contribution in [-0.2, 0) is 19.6 Å². The van der Waals surface area contributed by atoms with Gasteiger partial charge in [0.05, 0.1) is 0 Å². The molecule has 210 valence electrons. The highest BCUT2D eigenvalue weighted by Gasteiger charge is 2.11. The predicted octanol–water partition coefficient (Wildman–Crippen LogP) is 6.28. The number of aromatic nitrogens is 3. The molecule has 5 nitrogen and oxygen atoms in total. The van der Waals surface area contributed by atoms with Gasteiger partial charge in [-0.1, -0.05) is 62.6 Å². The minimum Gasteiger partial charge on any atom is -0.390 e. The van der Waals surface area contributed by atoms with Crippen LogP contribution in [0.2, 0.25) is 0 Å². The number of benzene rings is 2. The average Bonchev–Trinajstić information content (AvgIpc) is 3.31.